The van der Waals surface area contributed by atoms with Crippen molar-refractivity contribution in [2.24, 2.45) is 5.92 Å². The third kappa shape index (κ3) is 3.72. The van der Waals surface area contributed by atoms with Crippen LogP contribution in [0, 0.1) is 17.2 Å². The molecule has 0 spiro atoms. The third-order valence-electron chi connectivity index (χ3n) is 3.21. The molecule has 100 valence electrons. The van der Waals surface area contributed by atoms with Gasteiger partial charge in [-0.3, -0.25) is 4.79 Å². The highest BCUT2D eigenvalue weighted by Crippen LogP contribution is 2.17. The molecule has 4 nitrogen and oxygen atoms in total. The fraction of sp³-hybridized carbons (Fsp3) is 0.467. The molecule has 1 aliphatic heterocycles. The van der Waals surface area contributed by atoms with Crippen molar-refractivity contribution in [3.05, 3.63) is 29.8 Å². The summed E-state index contributed by atoms with van der Waals surface area (Å²) in [6, 6.07) is 9.20. The van der Waals surface area contributed by atoms with Gasteiger partial charge in [-0.05, 0) is 30.5 Å². The minimum Gasteiger partial charge on any atom is -0.493 e. The first-order chi connectivity index (χ1) is 9.19. The van der Waals surface area contributed by atoms with Crippen molar-refractivity contribution < 1.29 is 9.53 Å². The summed E-state index contributed by atoms with van der Waals surface area (Å²) in [6.45, 7) is 4.28. The van der Waals surface area contributed by atoms with E-state index in [2.05, 4.69) is 13.0 Å². The van der Waals surface area contributed by atoms with E-state index in [4.69, 9.17) is 10.00 Å². The van der Waals surface area contributed by atoms with Gasteiger partial charge in [0, 0.05) is 19.5 Å². The largest absolute Gasteiger partial charge is 0.493 e. The zero-order chi connectivity index (χ0) is 13.7. The maximum atomic E-state index is 11.6. The standard InChI is InChI=1S/C15H18N2O2/c1-12-8-15(18)17(11-12)6-3-7-19-14-5-2-4-13(9-14)10-16/h2,4-5,9,12H,3,6-8,11H2,1H3. The number of benzene rings is 1. The van der Waals surface area contributed by atoms with Crippen LogP contribution in [0.1, 0.15) is 25.3 Å². The molecule has 1 atom stereocenters. The molecule has 0 aliphatic carbocycles. The molecule has 2 rings (SSSR count). The van der Waals surface area contributed by atoms with Gasteiger partial charge in [0.2, 0.25) is 5.91 Å². The molecule has 0 aromatic heterocycles. The highest BCUT2D eigenvalue weighted by Gasteiger charge is 2.25. The normalized spacial score (nSPS) is 18.4. The lowest BCUT2D eigenvalue weighted by atomic mass is 10.2. The highest BCUT2D eigenvalue weighted by atomic mass is 16.5. The zero-order valence-corrected chi connectivity index (χ0v) is 11.1. The summed E-state index contributed by atoms with van der Waals surface area (Å²) >= 11 is 0. The van der Waals surface area contributed by atoms with Gasteiger partial charge in [0.05, 0.1) is 18.2 Å². The Labute approximate surface area is 113 Å². The molecule has 4 heteroatoms. The van der Waals surface area contributed by atoms with Crippen molar-refractivity contribution in [2.75, 3.05) is 19.7 Å². The Balaban J connectivity index is 1.72. The first-order valence-corrected chi connectivity index (χ1v) is 6.60. The maximum absolute atomic E-state index is 11.6. The van der Waals surface area contributed by atoms with Gasteiger partial charge in [-0.25, -0.2) is 0 Å². The second-order valence-corrected chi connectivity index (χ2v) is 4.99. The number of carbonyl (C=O) groups excluding carboxylic acids is 1. The van der Waals surface area contributed by atoms with Gasteiger partial charge in [0.1, 0.15) is 5.75 Å². The minimum atomic E-state index is 0.249. The van der Waals surface area contributed by atoms with E-state index in [1.54, 1.807) is 18.2 Å². The van der Waals surface area contributed by atoms with Crippen molar-refractivity contribution >= 4 is 5.91 Å². The third-order valence-corrected chi connectivity index (χ3v) is 3.21. The van der Waals surface area contributed by atoms with Crippen LogP contribution in [0.4, 0.5) is 0 Å². The number of rotatable bonds is 5. The zero-order valence-electron chi connectivity index (χ0n) is 11.1. The van der Waals surface area contributed by atoms with E-state index >= 15 is 0 Å². The summed E-state index contributed by atoms with van der Waals surface area (Å²) in [5, 5.41) is 8.78. The van der Waals surface area contributed by atoms with Gasteiger partial charge in [0.15, 0.2) is 0 Å². The average molecular weight is 258 g/mol. The van der Waals surface area contributed by atoms with Crippen LogP contribution in [0.3, 0.4) is 0 Å². The first-order valence-electron chi connectivity index (χ1n) is 6.60. The number of ether oxygens (including phenoxy) is 1. The molecule has 1 amide bonds. The van der Waals surface area contributed by atoms with Crippen molar-refractivity contribution in [1.82, 2.24) is 4.90 Å². The van der Waals surface area contributed by atoms with Crippen LogP contribution in [0.5, 0.6) is 5.75 Å². The number of hydrogen-bond donors (Lipinski definition) is 0. The lowest BCUT2D eigenvalue weighted by molar-refractivity contribution is -0.127. The molecular formula is C15H18N2O2. The van der Waals surface area contributed by atoms with Gasteiger partial charge >= 0.3 is 0 Å². The Morgan fingerprint density at radius 1 is 1.53 bits per heavy atom. The summed E-state index contributed by atoms with van der Waals surface area (Å²) in [6.07, 6.45) is 1.49. The van der Waals surface area contributed by atoms with Crippen LogP contribution >= 0.6 is 0 Å². The predicted octanol–water partition coefficient (Wildman–Crippen LogP) is 2.20. The monoisotopic (exact) mass is 258 g/mol. The predicted molar refractivity (Wildman–Crippen MR) is 71.6 cm³/mol. The molecule has 1 saturated heterocycles. The van der Waals surface area contributed by atoms with Gasteiger partial charge < -0.3 is 9.64 Å². The molecule has 19 heavy (non-hydrogen) atoms. The van der Waals surface area contributed by atoms with E-state index < -0.39 is 0 Å². The van der Waals surface area contributed by atoms with Crippen LogP contribution in [0.2, 0.25) is 0 Å². The van der Waals surface area contributed by atoms with E-state index in [0.717, 1.165) is 19.5 Å². The van der Waals surface area contributed by atoms with Crippen molar-refractivity contribution in [1.29, 1.82) is 5.26 Å². The SMILES string of the molecule is CC1CC(=O)N(CCCOc2cccc(C#N)c2)C1. The van der Waals surface area contributed by atoms with Gasteiger partial charge in [-0.15, -0.1) is 0 Å². The number of nitrogens with zero attached hydrogens (tertiary/aromatic N) is 2. The Bertz CT molecular complexity index is 493. The fourth-order valence-electron chi connectivity index (χ4n) is 2.29. The van der Waals surface area contributed by atoms with E-state index in [1.807, 2.05) is 11.0 Å². The summed E-state index contributed by atoms with van der Waals surface area (Å²) < 4.78 is 5.58. The van der Waals surface area contributed by atoms with Crippen LogP contribution in [0.15, 0.2) is 24.3 Å². The van der Waals surface area contributed by atoms with Crippen LogP contribution < -0.4 is 4.74 Å². The molecular weight excluding hydrogens is 240 g/mol. The Hall–Kier alpha value is -2.02. The van der Waals surface area contributed by atoms with Crippen LogP contribution in [0.25, 0.3) is 0 Å². The first kappa shape index (κ1) is 13.4. The summed E-state index contributed by atoms with van der Waals surface area (Å²) in [5.74, 6) is 1.43. The Morgan fingerprint density at radius 2 is 2.37 bits per heavy atom. The second kappa shape index (κ2) is 6.24. The molecule has 1 fully saturated rings. The molecule has 0 bridgehead atoms. The maximum Gasteiger partial charge on any atom is 0.222 e. The average Bonchev–Trinajstić information content (AvgIpc) is 2.73. The lowest BCUT2D eigenvalue weighted by Gasteiger charge is -2.16. The number of hydrogen-bond acceptors (Lipinski definition) is 3. The quantitative estimate of drug-likeness (QED) is 0.761. The van der Waals surface area contributed by atoms with E-state index in [9.17, 15) is 4.79 Å². The molecule has 1 aromatic carbocycles. The van der Waals surface area contributed by atoms with E-state index in [1.165, 1.54) is 0 Å². The van der Waals surface area contributed by atoms with E-state index in [-0.39, 0.29) is 5.91 Å². The van der Waals surface area contributed by atoms with Gasteiger partial charge in [-0.2, -0.15) is 5.26 Å². The number of likely N-dealkylation sites (tertiary alicyclic amines) is 1. The lowest BCUT2D eigenvalue weighted by Crippen LogP contribution is -2.27. The molecule has 1 aliphatic rings. The second-order valence-electron chi connectivity index (χ2n) is 4.99. The summed E-state index contributed by atoms with van der Waals surface area (Å²) in [7, 11) is 0. The number of carbonyl (C=O) groups is 1. The highest BCUT2D eigenvalue weighted by molar-refractivity contribution is 5.78. The smallest absolute Gasteiger partial charge is 0.222 e. The number of nitriles is 1. The van der Waals surface area contributed by atoms with E-state index in [0.29, 0.717) is 30.3 Å². The van der Waals surface area contributed by atoms with Gasteiger partial charge in [0.25, 0.3) is 0 Å². The fourth-order valence-corrected chi connectivity index (χ4v) is 2.29. The minimum absolute atomic E-state index is 0.249. The molecule has 0 N–H and O–H groups in total. The van der Waals surface area contributed by atoms with Crippen LogP contribution in [-0.2, 0) is 4.79 Å². The topological polar surface area (TPSA) is 53.3 Å². The molecule has 0 radical (unpaired) electrons. The molecule has 1 aromatic rings. The summed E-state index contributed by atoms with van der Waals surface area (Å²) in [4.78, 5) is 13.5. The van der Waals surface area contributed by atoms with Gasteiger partial charge in [-0.1, -0.05) is 13.0 Å². The number of amides is 1. The van der Waals surface area contributed by atoms with Crippen LogP contribution in [-0.4, -0.2) is 30.5 Å². The van der Waals surface area contributed by atoms with Crippen molar-refractivity contribution in [3.8, 4) is 11.8 Å². The Morgan fingerprint density at radius 3 is 3.05 bits per heavy atom. The Kier molecular flexibility index (Phi) is 4.40. The molecule has 1 unspecified atom stereocenters. The molecule has 1 heterocycles. The summed E-state index contributed by atoms with van der Waals surface area (Å²) in [5.41, 5.74) is 0.598. The molecule has 0 saturated carbocycles. The van der Waals surface area contributed by atoms with Crippen molar-refractivity contribution in [3.63, 3.8) is 0 Å². The van der Waals surface area contributed by atoms with Crippen molar-refractivity contribution in [2.45, 2.75) is 19.8 Å².